The van der Waals surface area contributed by atoms with Crippen molar-refractivity contribution in [2.45, 2.75) is 12.8 Å². The molecular weight excluding hydrogens is 262 g/mol. The Morgan fingerprint density at radius 1 is 1.40 bits per heavy atom. The second-order valence-corrected chi connectivity index (χ2v) is 4.79. The molecule has 1 heterocycles. The van der Waals surface area contributed by atoms with Gasteiger partial charge >= 0.3 is 5.69 Å². The van der Waals surface area contributed by atoms with Gasteiger partial charge in [-0.25, -0.2) is 0 Å². The van der Waals surface area contributed by atoms with E-state index < -0.39 is 4.92 Å². The fraction of sp³-hybridized carbons (Fsp3) is 0.462. The lowest BCUT2D eigenvalue weighted by atomic mass is 10.0. The van der Waals surface area contributed by atoms with E-state index in [2.05, 4.69) is 0 Å². The minimum Gasteiger partial charge on any atom is -0.490 e. The lowest BCUT2D eigenvalue weighted by Gasteiger charge is -2.16. The minimum atomic E-state index is -0.439. The van der Waals surface area contributed by atoms with Crippen LogP contribution in [-0.4, -0.2) is 42.5 Å². The Labute approximate surface area is 116 Å². The molecule has 0 aromatic heterocycles. The van der Waals surface area contributed by atoms with Crippen LogP contribution in [0.25, 0.3) is 0 Å². The smallest absolute Gasteiger partial charge is 0.311 e. The molecule has 7 nitrogen and oxygen atoms in total. The molecule has 2 N–H and O–H groups in total. The maximum atomic E-state index is 11.0. The predicted octanol–water partition coefficient (Wildman–Crippen LogP) is 0.489. The number of hydrogen-bond acceptors (Lipinski definition) is 5. The fourth-order valence-electron chi connectivity index (χ4n) is 2.47. The highest BCUT2D eigenvalue weighted by Gasteiger charge is 2.22. The van der Waals surface area contributed by atoms with Crippen LogP contribution in [0, 0.1) is 10.1 Å². The summed E-state index contributed by atoms with van der Waals surface area (Å²) in [5.41, 5.74) is 7.14. The molecule has 0 bridgehead atoms. The lowest BCUT2D eigenvalue weighted by molar-refractivity contribution is -0.385. The number of nitro benzene ring substituents is 1. The zero-order chi connectivity index (χ0) is 14.7. The molecule has 0 fully saturated rings. The van der Waals surface area contributed by atoms with E-state index in [4.69, 9.17) is 10.5 Å². The van der Waals surface area contributed by atoms with Gasteiger partial charge in [-0.05, 0) is 30.0 Å². The molecule has 0 radical (unpaired) electrons. The number of ether oxygens (including phenoxy) is 1. The second-order valence-electron chi connectivity index (χ2n) is 4.79. The van der Waals surface area contributed by atoms with Gasteiger partial charge in [-0.15, -0.1) is 0 Å². The molecule has 0 unspecified atom stereocenters. The van der Waals surface area contributed by atoms with Crippen molar-refractivity contribution in [3.8, 4) is 5.75 Å². The van der Waals surface area contributed by atoms with Gasteiger partial charge in [0.2, 0.25) is 5.91 Å². The quantitative estimate of drug-likeness (QED) is 0.638. The summed E-state index contributed by atoms with van der Waals surface area (Å²) in [6, 6.07) is 3.29. The number of benzene rings is 1. The molecule has 7 heteroatoms. The highest BCUT2D eigenvalue weighted by atomic mass is 16.6. The minimum absolute atomic E-state index is 0.0189. The van der Waals surface area contributed by atoms with Gasteiger partial charge in [-0.1, -0.05) is 0 Å². The largest absolute Gasteiger partial charge is 0.490 e. The summed E-state index contributed by atoms with van der Waals surface area (Å²) in [6.45, 7) is 1.59. The van der Waals surface area contributed by atoms with E-state index in [0.717, 1.165) is 17.5 Å². The summed E-state index contributed by atoms with van der Waals surface area (Å²) in [7, 11) is 1.42. The average Bonchev–Trinajstić information content (AvgIpc) is 2.59. The van der Waals surface area contributed by atoms with Gasteiger partial charge in [0.15, 0.2) is 5.75 Å². The van der Waals surface area contributed by atoms with Gasteiger partial charge in [0, 0.05) is 19.2 Å². The van der Waals surface area contributed by atoms with E-state index >= 15 is 0 Å². The Hall–Kier alpha value is -2.15. The van der Waals surface area contributed by atoms with E-state index in [0.29, 0.717) is 19.5 Å². The zero-order valence-corrected chi connectivity index (χ0v) is 11.3. The van der Waals surface area contributed by atoms with Crippen LogP contribution in [0.1, 0.15) is 11.1 Å². The Kier molecular flexibility index (Phi) is 4.19. The summed E-state index contributed by atoms with van der Waals surface area (Å²) < 4.78 is 5.08. The number of nitrogens with two attached hydrogens (primary N) is 1. The van der Waals surface area contributed by atoms with Crippen molar-refractivity contribution in [2.24, 2.45) is 5.73 Å². The van der Waals surface area contributed by atoms with Crippen LogP contribution in [0.4, 0.5) is 5.69 Å². The predicted molar refractivity (Wildman–Crippen MR) is 72.7 cm³/mol. The standard InChI is InChI=1S/C13H17N3O4/c1-20-12-7-10-3-5-15(8-13(14)17)4-2-9(10)6-11(12)16(18)19/h6-7H,2-5,8H2,1H3,(H2,14,17). The summed E-state index contributed by atoms with van der Waals surface area (Å²) in [5, 5.41) is 11.0. The summed E-state index contributed by atoms with van der Waals surface area (Å²) in [4.78, 5) is 23.5. The third-order valence-electron chi connectivity index (χ3n) is 3.47. The molecule has 0 spiro atoms. The topological polar surface area (TPSA) is 98.7 Å². The van der Waals surface area contributed by atoms with Crippen molar-refractivity contribution in [1.82, 2.24) is 4.90 Å². The monoisotopic (exact) mass is 279 g/mol. The highest BCUT2D eigenvalue weighted by molar-refractivity contribution is 5.75. The molecule has 1 aliphatic heterocycles. The molecule has 1 aromatic rings. The Morgan fingerprint density at radius 2 is 2.00 bits per heavy atom. The Morgan fingerprint density at radius 3 is 2.50 bits per heavy atom. The van der Waals surface area contributed by atoms with Gasteiger partial charge in [0.1, 0.15) is 0 Å². The van der Waals surface area contributed by atoms with Crippen LogP contribution in [0.3, 0.4) is 0 Å². The zero-order valence-electron chi connectivity index (χ0n) is 11.3. The number of fused-ring (bicyclic) bond motifs is 1. The highest BCUT2D eigenvalue weighted by Crippen LogP contribution is 2.32. The third-order valence-corrected chi connectivity index (χ3v) is 3.47. The van der Waals surface area contributed by atoms with Crippen molar-refractivity contribution in [3.05, 3.63) is 33.4 Å². The first-order valence-electron chi connectivity index (χ1n) is 6.36. The Bertz CT molecular complexity index is 545. The molecule has 0 saturated heterocycles. The first-order chi connectivity index (χ1) is 9.51. The van der Waals surface area contributed by atoms with Gasteiger partial charge in [0.05, 0.1) is 18.6 Å². The van der Waals surface area contributed by atoms with Crippen molar-refractivity contribution >= 4 is 11.6 Å². The molecule has 108 valence electrons. The molecule has 1 aromatic carbocycles. The number of carbonyl (C=O) groups is 1. The number of primary amides is 1. The average molecular weight is 279 g/mol. The summed E-state index contributed by atoms with van der Waals surface area (Å²) in [5.74, 6) is -0.0865. The maximum absolute atomic E-state index is 11.0. The molecule has 20 heavy (non-hydrogen) atoms. The van der Waals surface area contributed by atoms with Crippen LogP contribution in [0.15, 0.2) is 12.1 Å². The number of methoxy groups -OCH3 is 1. The van der Waals surface area contributed by atoms with Crippen LogP contribution in [-0.2, 0) is 17.6 Å². The number of carbonyl (C=O) groups excluding carboxylic acids is 1. The number of amides is 1. The van der Waals surface area contributed by atoms with Crippen LogP contribution < -0.4 is 10.5 Å². The maximum Gasteiger partial charge on any atom is 0.311 e. The number of nitro groups is 1. The van der Waals surface area contributed by atoms with Crippen LogP contribution in [0.2, 0.25) is 0 Å². The van der Waals surface area contributed by atoms with Gasteiger partial charge in [0.25, 0.3) is 0 Å². The van der Waals surface area contributed by atoms with Gasteiger partial charge in [-0.2, -0.15) is 0 Å². The first-order valence-corrected chi connectivity index (χ1v) is 6.36. The van der Waals surface area contributed by atoms with Crippen molar-refractivity contribution in [1.29, 1.82) is 0 Å². The Balaban J connectivity index is 2.26. The molecule has 0 aliphatic carbocycles. The van der Waals surface area contributed by atoms with Crippen molar-refractivity contribution in [3.63, 3.8) is 0 Å². The summed E-state index contributed by atoms with van der Waals surface area (Å²) >= 11 is 0. The molecular formula is C13H17N3O4. The molecule has 1 amide bonds. The van der Waals surface area contributed by atoms with E-state index in [1.54, 1.807) is 12.1 Å². The first kappa shape index (κ1) is 14.3. The van der Waals surface area contributed by atoms with Gasteiger partial charge in [-0.3, -0.25) is 19.8 Å². The molecule has 0 atom stereocenters. The number of hydrogen-bond donors (Lipinski definition) is 1. The second kappa shape index (κ2) is 5.87. The fourth-order valence-corrected chi connectivity index (χ4v) is 2.47. The van der Waals surface area contributed by atoms with E-state index in [9.17, 15) is 14.9 Å². The van der Waals surface area contributed by atoms with Gasteiger partial charge < -0.3 is 10.5 Å². The number of rotatable bonds is 4. The lowest BCUT2D eigenvalue weighted by Crippen LogP contribution is -2.35. The molecule has 1 aliphatic rings. The normalized spacial score (nSPS) is 15.2. The van der Waals surface area contributed by atoms with E-state index in [-0.39, 0.29) is 23.9 Å². The summed E-state index contributed by atoms with van der Waals surface area (Å²) in [6.07, 6.45) is 1.38. The number of nitrogens with zero attached hydrogens (tertiary/aromatic N) is 2. The molecule has 0 saturated carbocycles. The van der Waals surface area contributed by atoms with E-state index in [1.807, 2.05) is 4.90 Å². The van der Waals surface area contributed by atoms with Crippen LogP contribution in [0.5, 0.6) is 5.75 Å². The van der Waals surface area contributed by atoms with E-state index in [1.165, 1.54) is 7.11 Å². The third kappa shape index (κ3) is 3.05. The van der Waals surface area contributed by atoms with Crippen molar-refractivity contribution < 1.29 is 14.5 Å². The van der Waals surface area contributed by atoms with Crippen LogP contribution >= 0.6 is 0 Å². The van der Waals surface area contributed by atoms with Crippen molar-refractivity contribution in [2.75, 3.05) is 26.7 Å². The molecule has 2 rings (SSSR count). The SMILES string of the molecule is COc1cc2c(cc1[N+](=O)[O-])CCN(CC(N)=O)CC2.